The molecule has 0 fully saturated rings. The van der Waals surface area contributed by atoms with Crippen LogP contribution in [0.1, 0.15) is 5.56 Å². The lowest BCUT2D eigenvalue weighted by molar-refractivity contribution is -0.113. The van der Waals surface area contributed by atoms with Crippen LogP contribution in [0.2, 0.25) is 0 Å². The number of aliphatic imine (C=N–C) groups is 1. The number of rotatable bonds is 4. The van der Waals surface area contributed by atoms with Crippen LogP contribution in [0.25, 0.3) is 6.08 Å². The molecule has 0 radical (unpaired) electrons. The van der Waals surface area contributed by atoms with Gasteiger partial charge in [-0.25, -0.2) is 9.38 Å². The smallest absolute Gasteiger partial charge is 0.266 e. The molecule has 1 amide bonds. The number of hydrogen-bond donors (Lipinski definition) is 0. The molecule has 0 saturated heterocycles. The Morgan fingerprint density at radius 1 is 1.20 bits per heavy atom. The van der Waals surface area contributed by atoms with Crippen molar-refractivity contribution >= 4 is 50.5 Å². The SMILES string of the molecule is C=C(Br)CSC1=NC(=Cc2ccccc2)C(=O)N1c1ccc(F)cc1. The van der Waals surface area contributed by atoms with Gasteiger partial charge in [0.05, 0.1) is 5.69 Å². The minimum atomic E-state index is -0.351. The van der Waals surface area contributed by atoms with Gasteiger partial charge in [-0.15, -0.1) is 0 Å². The van der Waals surface area contributed by atoms with Crippen LogP contribution in [-0.4, -0.2) is 16.8 Å². The normalized spacial score (nSPS) is 15.6. The second-order valence-electron chi connectivity index (χ2n) is 5.26. The molecule has 0 unspecified atom stereocenters. The second-order valence-corrected chi connectivity index (χ2v) is 7.32. The van der Waals surface area contributed by atoms with E-state index in [2.05, 4.69) is 27.5 Å². The molecule has 2 aromatic carbocycles. The third-order valence-electron chi connectivity index (χ3n) is 3.38. The first-order valence-electron chi connectivity index (χ1n) is 7.46. The Bertz CT molecular complexity index is 863. The number of carbonyl (C=O) groups excluding carboxylic acids is 1. The summed E-state index contributed by atoms with van der Waals surface area (Å²) in [7, 11) is 0. The number of hydrogen-bond acceptors (Lipinski definition) is 3. The first-order chi connectivity index (χ1) is 12.0. The molecule has 3 rings (SSSR count). The van der Waals surface area contributed by atoms with Gasteiger partial charge in [-0.3, -0.25) is 9.69 Å². The maximum Gasteiger partial charge on any atom is 0.283 e. The average molecular weight is 417 g/mol. The number of halogens is 2. The summed E-state index contributed by atoms with van der Waals surface area (Å²) < 4.78 is 14.0. The molecule has 1 heterocycles. The Kier molecular flexibility index (Phi) is 5.50. The quantitative estimate of drug-likeness (QED) is 0.640. The Morgan fingerprint density at radius 2 is 1.88 bits per heavy atom. The van der Waals surface area contributed by atoms with Crippen molar-refractivity contribution in [3.8, 4) is 0 Å². The number of amides is 1. The highest BCUT2D eigenvalue weighted by Gasteiger charge is 2.31. The number of anilines is 1. The van der Waals surface area contributed by atoms with E-state index in [-0.39, 0.29) is 11.7 Å². The summed E-state index contributed by atoms with van der Waals surface area (Å²) in [6.45, 7) is 3.80. The molecule has 0 saturated carbocycles. The van der Waals surface area contributed by atoms with E-state index < -0.39 is 0 Å². The molecule has 2 aromatic rings. The van der Waals surface area contributed by atoms with E-state index in [1.807, 2.05) is 30.3 Å². The zero-order valence-corrected chi connectivity index (χ0v) is 15.6. The Balaban J connectivity index is 1.97. The molecule has 3 nitrogen and oxygen atoms in total. The van der Waals surface area contributed by atoms with Crippen LogP contribution < -0.4 is 4.90 Å². The van der Waals surface area contributed by atoms with E-state index in [0.717, 1.165) is 10.0 Å². The lowest BCUT2D eigenvalue weighted by atomic mass is 10.2. The molecular weight excluding hydrogens is 403 g/mol. The fourth-order valence-corrected chi connectivity index (χ4v) is 3.37. The van der Waals surface area contributed by atoms with Gasteiger partial charge in [0, 0.05) is 5.75 Å². The van der Waals surface area contributed by atoms with Crippen molar-refractivity contribution in [2.24, 2.45) is 4.99 Å². The average Bonchev–Trinajstić information content (AvgIpc) is 2.91. The lowest BCUT2D eigenvalue weighted by Gasteiger charge is -2.17. The Labute approximate surface area is 158 Å². The zero-order valence-electron chi connectivity index (χ0n) is 13.2. The summed E-state index contributed by atoms with van der Waals surface area (Å²) in [6, 6.07) is 15.3. The molecule has 0 atom stereocenters. The molecule has 0 spiro atoms. The monoisotopic (exact) mass is 416 g/mol. The number of carbonyl (C=O) groups is 1. The highest BCUT2D eigenvalue weighted by molar-refractivity contribution is 9.11. The van der Waals surface area contributed by atoms with E-state index in [9.17, 15) is 9.18 Å². The number of thioether (sulfide) groups is 1. The van der Waals surface area contributed by atoms with Crippen molar-refractivity contribution in [1.82, 2.24) is 0 Å². The van der Waals surface area contributed by atoms with Gasteiger partial charge in [0.2, 0.25) is 0 Å². The Morgan fingerprint density at radius 3 is 2.52 bits per heavy atom. The second kappa shape index (κ2) is 7.80. The molecule has 0 bridgehead atoms. The van der Waals surface area contributed by atoms with Gasteiger partial charge >= 0.3 is 0 Å². The van der Waals surface area contributed by atoms with Crippen molar-refractivity contribution in [3.05, 3.63) is 82.7 Å². The van der Waals surface area contributed by atoms with Gasteiger partial charge in [0.15, 0.2) is 5.17 Å². The number of benzene rings is 2. The first kappa shape index (κ1) is 17.6. The Hall–Kier alpha value is -2.18. The third kappa shape index (κ3) is 4.27. The fourth-order valence-electron chi connectivity index (χ4n) is 2.26. The maximum absolute atomic E-state index is 13.2. The molecule has 6 heteroatoms. The largest absolute Gasteiger partial charge is 0.283 e. The van der Waals surface area contributed by atoms with Crippen LogP contribution >= 0.6 is 27.7 Å². The molecule has 0 aromatic heterocycles. The van der Waals surface area contributed by atoms with Crippen molar-refractivity contribution < 1.29 is 9.18 Å². The summed E-state index contributed by atoms with van der Waals surface area (Å²) in [5, 5.41) is 0.541. The summed E-state index contributed by atoms with van der Waals surface area (Å²) in [5.74, 6) is -0.0174. The number of nitrogens with zero attached hydrogens (tertiary/aromatic N) is 2. The van der Waals surface area contributed by atoms with E-state index in [1.165, 1.54) is 28.8 Å². The van der Waals surface area contributed by atoms with Crippen molar-refractivity contribution in [2.45, 2.75) is 0 Å². The van der Waals surface area contributed by atoms with Gasteiger partial charge in [-0.1, -0.05) is 64.6 Å². The van der Waals surface area contributed by atoms with Crippen LogP contribution in [0.3, 0.4) is 0 Å². The summed E-state index contributed by atoms with van der Waals surface area (Å²) >= 11 is 4.70. The maximum atomic E-state index is 13.2. The van der Waals surface area contributed by atoms with E-state index in [4.69, 9.17) is 0 Å². The highest BCUT2D eigenvalue weighted by Crippen LogP contribution is 2.30. The highest BCUT2D eigenvalue weighted by atomic mass is 79.9. The first-order valence-corrected chi connectivity index (χ1v) is 9.24. The minimum absolute atomic E-state index is 0.238. The van der Waals surface area contributed by atoms with Gasteiger partial charge in [0.1, 0.15) is 11.5 Å². The van der Waals surface area contributed by atoms with Gasteiger partial charge in [-0.2, -0.15) is 0 Å². The van der Waals surface area contributed by atoms with E-state index in [1.54, 1.807) is 18.2 Å². The van der Waals surface area contributed by atoms with Crippen LogP contribution in [0.4, 0.5) is 10.1 Å². The molecule has 126 valence electrons. The number of amidine groups is 1. The molecule has 0 N–H and O–H groups in total. The van der Waals surface area contributed by atoms with Gasteiger partial charge in [-0.05, 0) is 40.4 Å². The van der Waals surface area contributed by atoms with Crippen LogP contribution in [0, 0.1) is 5.82 Å². The zero-order chi connectivity index (χ0) is 17.8. The van der Waals surface area contributed by atoms with E-state index >= 15 is 0 Å². The topological polar surface area (TPSA) is 32.7 Å². The fraction of sp³-hybridized carbons (Fsp3) is 0.0526. The van der Waals surface area contributed by atoms with Crippen LogP contribution in [-0.2, 0) is 4.79 Å². The molecule has 0 aliphatic carbocycles. The van der Waals surface area contributed by atoms with E-state index in [0.29, 0.717) is 22.3 Å². The summed E-state index contributed by atoms with van der Waals surface area (Å²) in [6.07, 6.45) is 1.75. The molecular formula is C19H14BrFN2OS. The van der Waals surface area contributed by atoms with Crippen molar-refractivity contribution in [2.75, 3.05) is 10.7 Å². The van der Waals surface area contributed by atoms with Crippen molar-refractivity contribution in [1.29, 1.82) is 0 Å². The van der Waals surface area contributed by atoms with Gasteiger partial charge in [0.25, 0.3) is 5.91 Å². The summed E-state index contributed by atoms with van der Waals surface area (Å²) in [4.78, 5) is 18.8. The molecule has 1 aliphatic rings. The third-order valence-corrected chi connectivity index (χ3v) is 5.05. The molecule has 25 heavy (non-hydrogen) atoms. The van der Waals surface area contributed by atoms with Crippen molar-refractivity contribution in [3.63, 3.8) is 0 Å². The summed E-state index contributed by atoms with van der Waals surface area (Å²) in [5.41, 5.74) is 1.82. The van der Waals surface area contributed by atoms with Crippen LogP contribution in [0.15, 0.2) is 76.3 Å². The van der Waals surface area contributed by atoms with Crippen LogP contribution in [0.5, 0.6) is 0 Å². The van der Waals surface area contributed by atoms with Gasteiger partial charge < -0.3 is 0 Å². The molecule has 1 aliphatic heterocycles. The lowest BCUT2D eigenvalue weighted by Crippen LogP contribution is -2.30. The predicted molar refractivity (Wildman–Crippen MR) is 106 cm³/mol. The predicted octanol–water partition coefficient (Wildman–Crippen LogP) is 5.21. The standard InChI is InChI=1S/C19H14BrFN2OS/c1-13(20)12-25-19-22-17(11-14-5-3-2-4-6-14)18(24)23(19)16-9-7-15(21)8-10-16/h2-11H,1,12H2. The minimum Gasteiger partial charge on any atom is -0.266 e.